The number of amides is 1. The second-order valence-electron chi connectivity index (χ2n) is 7.84. The molecule has 1 aromatic carbocycles. The number of carbonyl (C=O) groups excluding carboxylic acids is 3. The van der Waals surface area contributed by atoms with Crippen molar-refractivity contribution in [3.05, 3.63) is 29.8 Å². The number of hydrogen-bond acceptors (Lipinski definition) is 5. The van der Waals surface area contributed by atoms with Crippen molar-refractivity contribution in [1.29, 1.82) is 0 Å². The molecule has 1 amide bonds. The highest BCUT2D eigenvalue weighted by atomic mass is 16.6. The van der Waals surface area contributed by atoms with E-state index in [2.05, 4.69) is 0 Å². The van der Waals surface area contributed by atoms with Crippen LogP contribution in [0.1, 0.15) is 46.1 Å². The first-order chi connectivity index (χ1) is 12.0. The van der Waals surface area contributed by atoms with Crippen molar-refractivity contribution in [2.45, 2.75) is 52.7 Å². The number of rotatable bonds is 6. The number of benzene rings is 1. The number of Topliss-reactive ketones (excluding diaryl/α,β-unsaturated/α-hetero) is 1. The van der Waals surface area contributed by atoms with E-state index in [1.807, 2.05) is 24.3 Å². The van der Waals surface area contributed by atoms with Crippen LogP contribution in [0.15, 0.2) is 24.3 Å². The van der Waals surface area contributed by atoms with Crippen LogP contribution >= 0.6 is 0 Å². The number of ketones is 1. The average Bonchev–Trinajstić information content (AvgIpc) is 2.83. The summed E-state index contributed by atoms with van der Waals surface area (Å²) in [7, 11) is 1.60. The van der Waals surface area contributed by atoms with Crippen molar-refractivity contribution < 1.29 is 23.9 Å². The van der Waals surface area contributed by atoms with Crippen molar-refractivity contribution in [1.82, 2.24) is 4.90 Å². The van der Waals surface area contributed by atoms with E-state index in [-0.39, 0.29) is 18.1 Å². The topological polar surface area (TPSA) is 72.9 Å². The molecule has 0 radical (unpaired) electrons. The fourth-order valence-electron chi connectivity index (χ4n) is 2.98. The minimum atomic E-state index is -1.16. The van der Waals surface area contributed by atoms with Gasteiger partial charge in [-0.05, 0) is 51.8 Å². The highest BCUT2D eigenvalue weighted by molar-refractivity contribution is 6.11. The van der Waals surface area contributed by atoms with Gasteiger partial charge < -0.3 is 14.4 Å². The third kappa shape index (κ3) is 4.62. The van der Waals surface area contributed by atoms with Crippen molar-refractivity contribution >= 4 is 17.7 Å². The number of hydrogen-bond donors (Lipinski definition) is 0. The van der Waals surface area contributed by atoms with Gasteiger partial charge in [0.2, 0.25) is 5.91 Å². The van der Waals surface area contributed by atoms with E-state index < -0.39 is 17.0 Å². The number of ether oxygens (including phenoxy) is 2. The lowest BCUT2D eigenvalue weighted by Crippen LogP contribution is -2.39. The van der Waals surface area contributed by atoms with Gasteiger partial charge in [-0.2, -0.15) is 0 Å². The van der Waals surface area contributed by atoms with Crippen LogP contribution in [0, 0.1) is 5.41 Å². The summed E-state index contributed by atoms with van der Waals surface area (Å²) >= 11 is 0. The molecular formula is C20H27NO5. The SMILES string of the molecule is COc1ccc(CN2CCC(C)(C(=O)CC(=O)OC(C)(C)C)C2=O)cc1. The third-order valence-corrected chi connectivity index (χ3v) is 4.51. The van der Waals surface area contributed by atoms with Crippen molar-refractivity contribution in [3.8, 4) is 5.75 Å². The van der Waals surface area contributed by atoms with E-state index in [1.165, 1.54) is 0 Å². The first-order valence-electron chi connectivity index (χ1n) is 8.72. The van der Waals surface area contributed by atoms with E-state index in [1.54, 1.807) is 39.7 Å². The number of carbonyl (C=O) groups is 3. The summed E-state index contributed by atoms with van der Waals surface area (Å²) in [6, 6.07) is 7.46. The minimum absolute atomic E-state index is 0.234. The van der Waals surface area contributed by atoms with E-state index in [0.717, 1.165) is 11.3 Å². The zero-order valence-electron chi connectivity index (χ0n) is 16.1. The lowest BCUT2D eigenvalue weighted by atomic mass is 9.82. The normalized spacial score (nSPS) is 20.2. The molecule has 1 aromatic rings. The van der Waals surface area contributed by atoms with Crippen LogP contribution in [-0.4, -0.2) is 41.8 Å². The summed E-state index contributed by atoms with van der Waals surface area (Å²) in [5.74, 6) is -0.458. The molecule has 0 saturated carbocycles. The predicted molar refractivity (Wildman–Crippen MR) is 96.6 cm³/mol. The molecule has 1 atom stereocenters. The first-order valence-corrected chi connectivity index (χ1v) is 8.72. The summed E-state index contributed by atoms with van der Waals surface area (Å²) < 4.78 is 10.3. The lowest BCUT2D eigenvalue weighted by molar-refractivity contribution is -0.158. The molecule has 0 N–H and O–H groups in total. The molecule has 0 spiro atoms. The van der Waals surface area contributed by atoms with E-state index in [9.17, 15) is 14.4 Å². The maximum Gasteiger partial charge on any atom is 0.313 e. The second kappa shape index (κ2) is 7.48. The number of likely N-dealkylation sites (tertiary alicyclic amines) is 1. The van der Waals surface area contributed by atoms with Gasteiger partial charge >= 0.3 is 5.97 Å². The molecule has 1 unspecified atom stereocenters. The second-order valence-corrected chi connectivity index (χ2v) is 7.84. The van der Waals surface area contributed by atoms with Crippen LogP contribution in [0.5, 0.6) is 5.75 Å². The predicted octanol–water partition coefficient (Wildman–Crippen LogP) is 2.73. The summed E-state index contributed by atoms with van der Waals surface area (Å²) in [5, 5.41) is 0. The average molecular weight is 361 g/mol. The molecule has 1 fully saturated rings. The molecule has 1 aliphatic rings. The highest BCUT2D eigenvalue weighted by Gasteiger charge is 2.48. The Bertz CT molecular complexity index is 689. The quantitative estimate of drug-likeness (QED) is 0.575. The highest BCUT2D eigenvalue weighted by Crippen LogP contribution is 2.34. The molecule has 142 valence electrons. The molecule has 6 nitrogen and oxygen atoms in total. The van der Waals surface area contributed by atoms with Crippen molar-refractivity contribution in [2.24, 2.45) is 5.41 Å². The van der Waals surface area contributed by atoms with Crippen LogP contribution in [0.2, 0.25) is 0 Å². The molecule has 1 heterocycles. The Labute approximate surface area is 154 Å². The molecule has 1 aliphatic heterocycles. The van der Waals surface area contributed by atoms with E-state index in [0.29, 0.717) is 19.5 Å². The minimum Gasteiger partial charge on any atom is -0.497 e. The Morgan fingerprint density at radius 1 is 1.19 bits per heavy atom. The van der Waals surface area contributed by atoms with Gasteiger partial charge in [0.25, 0.3) is 0 Å². The van der Waals surface area contributed by atoms with E-state index in [4.69, 9.17) is 9.47 Å². The van der Waals surface area contributed by atoms with E-state index >= 15 is 0 Å². The smallest absolute Gasteiger partial charge is 0.313 e. The number of esters is 1. The number of nitrogens with zero attached hydrogens (tertiary/aromatic N) is 1. The maximum atomic E-state index is 12.8. The Morgan fingerprint density at radius 2 is 1.81 bits per heavy atom. The van der Waals surface area contributed by atoms with Crippen molar-refractivity contribution in [2.75, 3.05) is 13.7 Å². The van der Waals surface area contributed by atoms with Gasteiger partial charge in [-0.25, -0.2) is 0 Å². The Morgan fingerprint density at radius 3 is 2.35 bits per heavy atom. The molecule has 1 saturated heterocycles. The van der Waals surface area contributed by atoms with Crippen molar-refractivity contribution in [3.63, 3.8) is 0 Å². The van der Waals surface area contributed by atoms with Crippen LogP contribution in [0.3, 0.4) is 0 Å². The Balaban J connectivity index is 2.01. The van der Waals surface area contributed by atoms with Crippen LogP contribution in [-0.2, 0) is 25.7 Å². The number of methoxy groups -OCH3 is 1. The molecule has 26 heavy (non-hydrogen) atoms. The Kier molecular flexibility index (Phi) is 5.74. The first kappa shape index (κ1) is 19.9. The van der Waals surface area contributed by atoms with Crippen LogP contribution < -0.4 is 4.74 Å². The van der Waals surface area contributed by atoms with Gasteiger partial charge in [0.15, 0.2) is 5.78 Å². The largest absolute Gasteiger partial charge is 0.497 e. The zero-order chi connectivity index (χ0) is 19.5. The monoisotopic (exact) mass is 361 g/mol. The van der Waals surface area contributed by atoms with Gasteiger partial charge in [-0.3, -0.25) is 14.4 Å². The van der Waals surface area contributed by atoms with Gasteiger partial charge in [0.1, 0.15) is 23.2 Å². The lowest BCUT2D eigenvalue weighted by Gasteiger charge is -2.24. The molecular weight excluding hydrogens is 334 g/mol. The summed E-state index contributed by atoms with van der Waals surface area (Å²) in [6.07, 6.45) is 0.0273. The molecule has 0 bridgehead atoms. The Hall–Kier alpha value is -2.37. The summed E-state index contributed by atoms with van der Waals surface area (Å²) in [6.45, 7) is 7.77. The van der Waals surface area contributed by atoms with Gasteiger partial charge in [-0.15, -0.1) is 0 Å². The molecule has 0 aromatic heterocycles. The van der Waals surface area contributed by atoms with Gasteiger partial charge in [0, 0.05) is 13.1 Å². The zero-order valence-corrected chi connectivity index (χ0v) is 16.1. The molecule has 2 rings (SSSR count). The maximum absolute atomic E-state index is 12.8. The van der Waals surface area contributed by atoms with Gasteiger partial charge in [0.05, 0.1) is 7.11 Å². The summed E-state index contributed by atoms with van der Waals surface area (Å²) in [5.41, 5.74) is -0.857. The van der Waals surface area contributed by atoms with Crippen LogP contribution in [0.25, 0.3) is 0 Å². The molecule has 0 aliphatic carbocycles. The standard InChI is InChI=1S/C20H27NO5/c1-19(2,3)26-17(23)12-16(22)20(4)10-11-21(18(20)24)13-14-6-8-15(25-5)9-7-14/h6-9H,10-13H2,1-5H3. The molecule has 6 heteroatoms. The fourth-order valence-corrected chi connectivity index (χ4v) is 2.98. The van der Waals surface area contributed by atoms with Crippen LogP contribution in [0.4, 0.5) is 0 Å². The summed E-state index contributed by atoms with van der Waals surface area (Å²) in [4.78, 5) is 39.0. The third-order valence-electron chi connectivity index (χ3n) is 4.51. The fraction of sp³-hybridized carbons (Fsp3) is 0.550. The van der Waals surface area contributed by atoms with Gasteiger partial charge in [-0.1, -0.05) is 12.1 Å².